The van der Waals surface area contributed by atoms with E-state index in [-0.39, 0.29) is 19.1 Å². The number of allylic oxidation sites excluding steroid dienone is 11. The van der Waals surface area contributed by atoms with Gasteiger partial charge in [-0.15, -0.1) is 12.3 Å². The fourth-order valence-electron chi connectivity index (χ4n) is 4.61. The Morgan fingerprint density at radius 2 is 1.98 bits per heavy atom. The summed E-state index contributed by atoms with van der Waals surface area (Å²) in [6.45, 7) is 11.0. The number of ether oxygens (including phenoxy) is 1. The van der Waals surface area contributed by atoms with Crippen molar-refractivity contribution in [2.75, 3.05) is 39.4 Å². The molecule has 44 heavy (non-hydrogen) atoms. The van der Waals surface area contributed by atoms with E-state index in [0.717, 1.165) is 57.2 Å². The van der Waals surface area contributed by atoms with Crippen LogP contribution in [0.25, 0.3) is 0 Å². The van der Waals surface area contributed by atoms with Gasteiger partial charge in [-0.3, -0.25) is 4.68 Å². The van der Waals surface area contributed by atoms with Crippen molar-refractivity contribution >= 4 is 0 Å². The summed E-state index contributed by atoms with van der Waals surface area (Å²) in [6.07, 6.45) is 26.4. The maximum Gasteiger partial charge on any atom is 0.151 e. The second kappa shape index (κ2) is 20.9. The van der Waals surface area contributed by atoms with Gasteiger partial charge in [0, 0.05) is 68.8 Å². The summed E-state index contributed by atoms with van der Waals surface area (Å²) in [6, 6.07) is 0. The zero-order valence-electron chi connectivity index (χ0n) is 26.2. The first-order valence-electron chi connectivity index (χ1n) is 15.0. The molecule has 3 N–H and O–H groups in total. The van der Waals surface area contributed by atoms with E-state index in [2.05, 4.69) is 75.6 Å². The highest BCUT2D eigenvalue weighted by Gasteiger charge is 2.22. The fourth-order valence-corrected chi connectivity index (χ4v) is 4.61. The van der Waals surface area contributed by atoms with Gasteiger partial charge in [0.1, 0.15) is 24.6 Å². The van der Waals surface area contributed by atoms with Crippen molar-refractivity contribution in [3.05, 3.63) is 96.3 Å². The molecule has 0 saturated carbocycles. The Balaban J connectivity index is 0.000000282. The number of nitrogens with zero attached hydrogens (tertiary/aromatic N) is 5. The second-order valence-electron chi connectivity index (χ2n) is 10.7. The van der Waals surface area contributed by atoms with Crippen molar-refractivity contribution in [1.82, 2.24) is 24.6 Å². The lowest BCUT2D eigenvalue weighted by molar-refractivity contribution is 0.00666. The van der Waals surface area contributed by atoms with Crippen LogP contribution in [0.4, 0.5) is 8.78 Å². The zero-order valence-corrected chi connectivity index (χ0v) is 26.2. The zero-order chi connectivity index (χ0) is 32.2. The van der Waals surface area contributed by atoms with Gasteiger partial charge >= 0.3 is 0 Å². The van der Waals surface area contributed by atoms with Crippen LogP contribution in [-0.2, 0) is 11.3 Å². The molecular formula is C34H48F2N6O2. The minimum absolute atomic E-state index is 0.0328. The normalized spacial score (nSPS) is 20.8. The van der Waals surface area contributed by atoms with Crippen molar-refractivity contribution in [2.24, 2.45) is 11.7 Å². The summed E-state index contributed by atoms with van der Waals surface area (Å²) >= 11 is 0. The highest BCUT2D eigenvalue weighted by molar-refractivity contribution is 5.24. The van der Waals surface area contributed by atoms with Gasteiger partial charge in [-0.05, 0) is 70.1 Å². The summed E-state index contributed by atoms with van der Waals surface area (Å²) in [7, 11) is 0. The molecule has 1 aromatic heterocycles. The van der Waals surface area contributed by atoms with E-state index < -0.39 is 18.1 Å². The lowest BCUT2D eigenvalue weighted by atomic mass is 10.0. The van der Waals surface area contributed by atoms with Gasteiger partial charge < -0.3 is 25.4 Å². The maximum absolute atomic E-state index is 13.5. The van der Waals surface area contributed by atoms with E-state index in [0.29, 0.717) is 6.54 Å². The number of aromatic nitrogens is 3. The minimum Gasteiger partial charge on any atom is -0.402 e. The predicted octanol–water partition coefficient (Wildman–Crippen LogP) is 5.22. The Labute approximate surface area is 261 Å². The molecular weight excluding hydrogens is 562 g/mol. The number of alkyl halides is 1. The molecule has 1 fully saturated rings. The number of aliphatic hydroxyl groups is 1. The van der Waals surface area contributed by atoms with E-state index >= 15 is 0 Å². The van der Waals surface area contributed by atoms with Crippen LogP contribution in [0.15, 0.2) is 96.3 Å². The number of aliphatic hydroxyl groups excluding tert-OH is 1. The van der Waals surface area contributed by atoms with Gasteiger partial charge in [0.2, 0.25) is 0 Å². The van der Waals surface area contributed by atoms with Crippen LogP contribution in [0.2, 0.25) is 0 Å². The van der Waals surface area contributed by atoms with Crippen LogP contribution in [0, 0.1) is 18.3 Å². The number of terminal acetylenes is 1. The van der Waals surface area contributed by atoms with Crippen molar-refractivity contribution < 1.29 is 18.6 Å². The lowest BCUT2D eigenvalue weighted by Gasteiger charge is -2.38. The molecule has 0 bridgehead atoms. The average molecular weight is 611 g/mol. The van der Waals surface area contributed by atoms with Crippen molar-refractivity contribution in [3.63, 3.8) is 0 Å². The number of piperazine rings is 1. The predicted molar refractivity (Wildman–Crippen MR) is 173 cm³/mol. The van der Waals surface area contributed by atoms with Crippen molar-refractivity contribution in [2.45, 2.75) is 58.9 Å². The van der Waals surface area contributed by atoms with Gasteiger partial charge in [-0.2, -0.15) is 5.10 Å². The van der Waals surface area contributed by atoms with Crippen LogP contribution >= 0.6 is 0 Å². The molecule has 1 aromatic rings. The molecule has 240 valence electrons. The van der Waals surface area contributed by atoms with E-state index in [1.807, 2.05) is 13.0 Å². The molecule has 2 aliphatic carbocycles. The highest BCUT2D eigenvalue weighted by atomic mass is 19.1. The number of halogens is 2. The average Bonchev–Trinajstić information content (AvgIpc) is 3.39. The van der Waals surface area contributed by atoms with Crippen LogP contribution in [0.3, 0.4) is 0 Å². The number of aryl methyl sites for hydroxylation is 1. The van der Waals surface area contributed by atoms with Gasteiger partial charge in [0.25, 0.3) is 0 Å². The van der Waals surface area contributed by atoms with Gasteiger partial charge in [-0.1, -0.05) is 24.3 Å². The van der Waals surface area contributed by atoms with Crippen molar-refractivity contribution in [1.29, 1.82) is 0 Å². The second-order valence-corrected chi connectivity index (χ2v) is 10.7. The van der Waals surface area contributed by atoms with Crippen LogP contribution in [0.1, 0.15) is 40.0 Å². The Kier molecular flexibility index (Phi) is 17.2. The number of hydrogen-bond acceptors (Lipinski definition) is 7. The number of hydrogen-bond donors (Lipinski definition) is 2. The monoisotopic (exact) mass is 610 g/mol. The quantitative estimate of drug-likeness (QED) is 0.262. The Morgan fingerprint density at radius 1 is 1.23 bits per heavy atom. The molecule has 3 atom stereocenters. The Morgan fingerprint density at radius 3 is 2.61 bits per heavy atom. The smallest absolute Gasteiger partial charge is 0.151 e. The Hall–Kier alpha value is -3.94. The van der Waals surface area contributed by atoms with Gasteiger partial charge in [0.05, 0.1) is 6.61 Å². The van der Waals surface area contributed by atoms with E-state index in [9.17, 15) is 13.9 Å². The van der Waals surface area contributed by atoms with Gasteiger partial charge in [-0.25, -0.2) is 13.8 Å². The molecule has 3 aliphatic rings. The maximum atomic E-state index is 13.5. The van der Waals surface area contributed by atoms with E-state index in [4.69, 9.17) is 10.5 Å². The van der Waals surface area contributed by atoms with Crippen LogP contribution in [-0.4, -0.2) is 81.3 Å². The summed E-state index contributed by atoms with van der Waals surface area (Å²) < 4.78 is 33.4. The van der Waals surface area contributed by atoms with Gasteiger partial charge in [0.15, 0.2) is 6.17 Å². The summed E-state index contributed by atoms with van der Waals surface area (Å²) in [5.41, 5.74) is 9.25. The largest absolute Gasteiger partial charge is 0.402 e. The third kappa shape index (κ3) is 14.0. The molecule has 0 spiro atoms. The molecule has 2 heterocycles. The first-order valence-corrected chi connectivity index (χ1v) is 15.0. The molecule has 4 rings (SSSR count). The SMILES string of the molecule is C#CC.C/C(N)=C\C=C(/C)N1CCN(C2=CC=CC=CC2)CC1.OC[C@@H](CCCn1cncn1)COC1C=CC(F)=CC1F. The lowest BCUT2D eigenvalue weighted by Crippen LogP contribution is -2.44. The fraction of sp³-hybridized carbons (Fsp3) is 0.471. The molecule has 0 amide bonds. The molecule has 10 heteroatoms. The summed E-state index contributed by atoms with van der Waals surface area (Å²) in [4.78, 5) is 8.77. The summed E-state index contributed by atoms with van der Waals surface area (Å²) in [5.74, 6) is 1.58. The third-order valence-electron chi connectivity index (χ3n) is 7.07. The van der Waals surface area contributed by atoms with Crippen LogP contribution in [0.5, 0.6) is 0 Å². The number of nitrogens with two attached hydrogens (primary N) is 1. The third-order valence-corrected chi connectivity index (χ3v) is 7.07. The summed E-state index contributed by atoms with van der Waals surface area (Å²) in [5, 5.41) is 13.3. The minimum atomic E-state index is -1.48. The standard InChI is InChI=1S/C17H25N3.C14H19F2N3O2.C3H4/c1-15(18)9-10-16(2)19-11-13-20(14-12-19)17-7-5-3-4-6-8-17;15-12-3-4-14(13(16)6-12)21-8-11(7-20)2-1-5-19-10-17-9-18-19;1-3-2/h3-7,9-10H,8,11-14,18H2,1-2H3;3-4,6,9-11,13-14,20H,1-2,5,7-8H2;1H,2H3/b15-9+,16-10+;;/t;11-,13?,14?;/m.1./s1. The van der Waals surface area contributed by atoms with Crippen molar-refractivity contribution in [3.8, 4) is 12.3 Å². The topological polar surface area (TPSA) is 92.7 Å². The Bertz CT molecular complexity index is 1210. The van der Waals surface area contributed by atoms with E-state index in [1.165, 1.54) is 29.9 Å². The van der Waals surface area contributed by atoms with Crippen LogP contribution < -0.4 is 5.73 Å². The molecule has 1 saturated heterocycles. The first kappa shape index (κ1) is 36.3. The molecule has 0 aromatic carbocycles. The molecule has 8 nitrogen and oxygen atoms in total. The molecule has 0 radical (unpaired) electrons. The number of rotatable bonds is 11. The molecule has 2 unspecified atom stereocenters. The highest BCUT2D eigenvalue weighted by Crippen LogP contribution is 2.20. The first-order chi connectivity index (χ1) is 21.3. The molecule has 1 aliphatic heterocycles. The van der Waals surface area contributed by atoms with E-state index in [1.54, 1.807) is 17.9 Å².